The van der Waals surface area contributed by atoms with Crippen LogP contribution in [0.15, 0.2) is 218 Å². The van der Waals surface area contributed by atoms with Gasteiger partial charge in [-0.15, -0.1) is 0 Å². The maximum absolute atomic E-state index is 2.42. The maximum Gasteiger partial charge on any atom is 0.0547 e. The summed E-state index contributed by atoms with van der Waals surface area (Å²) in [6.45, 7) is 0. The van der Waals surface area contributed by atoms with E-state index in [9.17, 15) is 0 Å². The van der Waals surface area contributed by atoms with E-state index in [1.54, 1.807) is 0 Å². The molecule has 2 nitrogen and oxygen atoms in total. The Kier molecular flexibility index (Phi) is 7.53. The summed E-state index contributed by atoms with van der Waals surface area (Å²) in [7, 11) is 0. The van der Waals surface area contributed by atoms with Gasteiger partial charge in [0, 0.05) is 32.9 Å². The van der Waals surface area contributed by atoms with Crippen molar-refractivity contribution in [2.24, 2.45) is 0 Å². The Morgan fingerprint density at radius 1 is 0.196 bits per heavy atom. The van der Waals surface area contributed by atoms with Crippen molar-refractivity contribution in [3.63, 3.8) is 0 Å². The minimum absolute atomic E-state index is 1.15. The van der Waals surface area contributed by atoms with Crippen LogP contribution in [0.25, 0.3) is 99.5 Å². The van der Waals surface area contributed by atoms with Gasteiger partial charge in [0.1, 0.15) is 0 Å². The summed E-state index contributed by atoms with van der Waals surface area (Å²) in [5.41, 5.74) is 16.8. The summed E-state index contributed by atoms with van der Waals surface area (Å²) in [6.07, 6.45) is 0. The molecule has 0 spiro atoms. The molecule has 262 valence electrons. The van der Waals surface area contributed by atoms with E-state index in [0.29, 0.717) is 0 Å². The van der Waals surface area contributed by atoms with Crippen molar-refractivity contribution >= 4 is 43.6 Å². The minimum Gasteiger partial charge on any atom is -0.309 e. The van der Waals surface area contributed by atoms with E-state index in [1.807, 2.05) is 0 Å². The quantitative estimate of drug-likeness (QED) is 0.162. The molecule has 0 aliphatic heterocycles. The summed E-state index contributed by atoms with van der Waals surface area (Å²) in [5.74, 6) is 0. The van der Waals surface area contributed by atoms with Crippen LogP contribution in [0.5, 0.6) is 0 Å². The van der Waals surface area contributed by atoms with Crippen LogP contribution in [0.1, 0.15) is 0 Å². The Morgan fingerprint density at radius 2 is 0.536 bits per heavy atom. The zero-order valence-electron chi connectivity index (χ0n) is 30.7. The van der Waals surface area contributed by atoms with Crippen molar-refractivity contribution in [3.8, 4) is 55.9 Å². The molecule has 0 saturated carbocycles. The fraction of sp³-hybridized carbons (Fsp3) is 0. The molecule has 0 bridgehead atoms. The maximum atomic E-state index is 2.42. The van der Waals surface area contributed by atoms with E-state index in [0.717, 1.165) is 11.4 Å². The Labute approximate surface area is 325 Å². The Hall–Kier alpha value is -7.42. The van der Waals surface area contributed by atoms with E-state index in [1.165, 1.54) is 88.1 Å². The Bertz CT molecular complexity index is 3190. The summed E-state index contributed by atoms with van der Waals surface area (Å²) in [4.78, 5) is 0. The van der Waals surface area contributed by atoms with Crippen molar-refractivity contribution in [2.75, 3.05) is 0 Å². The molecular weight excluding hydrogens is 677 g/mol. The standard InChI is InChI=1S/C54H36N2/c1-3-11-37(12-4-1)39-19-21-40(22-20-39)42-25-31-46(32-26-42)56-51-17-9-7-15-47(51)49-33-27-44(36-54(49)56)43-28-34-53-50(35-43)48-16-8-10-18-52(48)55(53)45-29-23-41(24-30-45)38-13-5-2-6-14-38/h1-36H. The van der Waals surface area contributed by atoms with Crippen molar-refractivity contribution in [2.45, 2.75) is 0 Å². The molecule has 56 heavy (non-hydrogen) atoms. The predicted octanol–water partition coefficient (Wildman–Crippen LogP) is 14.5. The Balaban J connectivity index is 0.988. The highest BCUT2D eigenvalue weighted by atomic mass is 15.0. The van der Waals surface area contributed by atoms with Gasteiger partial charge in [-0.05, 0) is 99.1 Å². The first kappa shape index (κ1) is 32.0. The molecule has 0 fully saturated rings. The van der Waals surface area contributed by atoms with Crippen LogP contribution in [-0.4, -0.2) is 9.13 Å². The second-order valence-corrected chi connectivity index (χ2v) is 14.6. The zero-order valence-corrected chi connectivity index (χ0v) is 30.7. The third kappa shape index (κ3) is 5.34. The molecule has 0 aliphatic rings. The fourth-order valence-electron chi connectivity index (χ4n) is 8.58. The fourth-order valence-corrected chi connectivity index (χ4v) is 8.58. The molecule has 0 radical (unpaired) electrons. The van der Waals surface area contributed by atoms with Crippen LogP contribution in [-0.2, 0) is 0 Å². The smallest absolute Gasteiger partial charge is 0.0547 e. The monoisotopic (exact) mass is 712 g/mol. The lowest BCUT2D eigenvalue weighted by Gasteiger charge is -2.11. The van der Waals surface area contributed by atoms with Crippen LogP contribution < -0.4 is 0 Å². The molecule has 0 saturated heterocycles. The van der Waals surface area contributed by atoms with Crippen LogP contribution in [0, 0.1) is 0 Å². The minimum atomic E-state index is 1.15. The third-order valence-corrected chi connectivity index (χ3v) is 11.4. The van der Waals surface area contributed by atoms with Gasteiger partial charge >= 0.3 is 0 Å². The van der Waals surface area contributed by atoms with Gasteiger partial charge in [0.25, 0.3) is 0 Å². The van der Waals surface area contributed by atoms with Crippen molar-refractivity contribution in [1.29, 1.82) is 0 Å². The number of aromatic nitrogens is 2. The third-order valence-electron chi connectivity index (χ3n) is 11.4. The molecule has 0 amide bonds. The number of hydrogen-bond donors (Lipinski definition) is 0. The lowest BCUT2D eigenvalue weighted by Crippen LogP contribution is -1.94. The largest absolute Gasteiger partial charge is 0.309 e. The van der Waals surface area contributed by atoms with Crippen LogP contribution in [0.4, 0.5) is 0 Å². The number of hydrogen-bond acceptors (Lipinski definition) is 0. The topological polar surface area (TPSA) is 9.86 Å². The number of rotatable bonds is 6. The highest BCUT2D eigenvalue weighted by molar-refractivity contribution is 6.12. The van der Waals surface area contributed by atoms with Crippen molar-refractivity contribution < 1.29 is 0 Å². The lowest BCUT2D eigenvalue weighted by molar-refractivity contribution is 1.18. The summed E-state index contributed by atoms with van der Waals surface area (Å²) in [5, 5.41) is 5.01. The van der Waals surface area contributed by atoms with Crippen LogP contribution in [0.3, 0.4) is 0 Å². The van der Waals surface area contributed by atoms with E-state index in [-0.39, 0.29) is 0 Å². The van der Waals surface area contributed by atoms with Crippen LogP contribution in [0.2, 0.25) is 0 Å². The molecule has 0 N–H and O–H groups in total. The predicted molar refractivity (Wildman–Crippen MR) is 237 cm³/mol. The van der Waals surface area contributed by atoms with E-state index in [4.69, 9.17) is 0 Å². The van der Waals surface area contributed by atoms with Gasteiger partial charge in [0.2, 0.25) is 0 Å². The molecule has 0 unspecified atom stereocenters. The summed E-state index contributed by atoms with van der Waals surface area (Å²) >= 11 is 0. The SMILES string of the molecule is c1ccc(-c2ccc(-c3ccc(-n4c5ccccc5c5ccc(-c6ccc7c(c6)c6ccccc6n7-c6ccc(-c7ccccc7)cc6)cc54)cc3)cc2)cc1. The average Bonchev–Trinajstić information content (AvgIpc) is 3.79. The normalized spacial score (nSPS) is 11.6. The number of benzene rings is 9. The van der Waals surface area contributed by atoms with Gasteiger partial charge in [0.15, 0.2) is 0 Å². The zero-order chi connectivity index (χ0) is 37.0. The van der Waals surface area contributed by atoms with Crippen molar-refractivity contribution in [3.05, 3.63) is 218 Å². The molecule has 0 aliphatic carbocycles. The molecule has 2 aromatic heterocycles. The van der Waals surface area contributed by atoms with Gasteiger partial charge in [-0.25, -0.2) is 0 Å². The average molecular weight is 713 g/mol. The first-order valence-electron chi connectivity index (χ1n) is 19.3. The Morgan fingerprint density at radius 3 is 1.07 bits per heavy atom. The highest BCUT2D eigenvalue weighted by Gasteiger charge is 2.16. The van der Waals surface area contributed by atoms with Gasteiger partial charge in [0.05, 0.1) is 22.1 Å². The molecule has 2 heterocycles. The van der Waals surface area contributed by atoms with Crippen LogP contribution >= 0.6 is 0 Å². The second-order valence-electron chi connectivity index (χ2n) is 14.6. The number of nitrogens with zero attached hydrogens (tertiary/aromatic N) is 2. The number of para-hydroxylation sites is 2. The first-order valence-corrected chi connectivity index (χ1v) is 19.3. The second kappa shape index (κ2) is 13.2. The van der Waals surface area contributed by atoms with Crippen molar-refractivity contribution in [1.82, 2.24) is 9.13 Å². The summed E-state index contributed by atoms with van der Waals surface area (Å²) in [6, 6.07) is 79.3. The van der Waals surface area contributed by atoms with Gasteiger partial charge in [-0.1, -0.05) is 164 Å². The summed E-state index contributed by atoms with van der Waals surface area (Å²) < 4.78 is 4.81. The molecule has 0 atom stereocenters. The molecule has 2 heteroatoms. The van der Waals surface area contributed by atoms with E-state index >= 15 is 0 Å². The lowest BCUT2D eigenvalue weighted by atomic mass is 10.00. The molecule has 11 aromatic rings. The molecular formula is C54H36N2. The first-order chi connectivity index (χ1) is 27.8. The molecule has 11 rings (SSSR count). The van der Waals surface area contributed by atoms with E-state index < -0.39 is 0 Å². The molecule has 9 aromatic carbocycles. The van der Waals surface area contributed by atoms with Gasteiger partial charge in [-0.2, -0.15) is 0 Å². The van der Waals surface area contributed by atoms with Gasteiger partial charge in [-0.3, -0.25) is 0 Å². The van der Waals surface area contributed by atoms with Gasteiger partial charge < -0.3 is 9.13 Å². The van der Waals surface area contributed by atoms with E-state index in [2.05, 4.69) is 228 Å². The number of fused-ring (bicyclic) bond motifs is 6. The highest BCUT2D eigenvalue weighted by Crippen LogP contribution is 2.39.